The molecule has 1 aliphatic rings. The fraction of sp³-hybridized carbons (Fsp3) is 0.692. The molecule has 1 saturated carbocycles. The van der Waals surface area contributed by atoms with E-state index in [9.17, 15) is 13.2 Å². The van der Waals surface area contributed by atoms with Gasteiger partial charge >= 0.3 is 5.97 Å². The summed E-state index contributed by atoms with van der Waals surface area (Å²) in [6.07, 6.45) is 4.61. The second kappa shape index (κ2) is 5.76. The molecule has 0 atom stereocenters. The third kappa shape index (κ3) is 3.82. The summed E-state index contributed by atoms with van der Waals surface area (Å²) in [6, 6.07) is 0. The van der Waals surface area contributed by atoms with Gasteiger partial charge in [0.05, 0.1) is 19.2 Å². The van der Waals surface area contributed by atoms with Crippen molar-refractivity contribution in [2.75, 3.05) is 6.54 Å². The van der Waals surface area contributed by atoms with Gasteiger partial charge in [-0.2, -0.15) is 5.10 Å². The number of aryl methyl sites for hydroxylation is 1. The minimum atomic E-state index is -3.59. The first-order valence-corrected chi connectivity index (χ1v) is 8.47. The van der Waals surface area contributed by atoms with E-state index in [1.165, 1.54) is 17.1 Å². The first-order chi connectivity index (χ1) is 9.75. The number of nitrogens with one attached hydrogen (secondary N) is 1. The number of aliphatic carboxylic acids is 1. The highest BCUT2D eigenvalue weighted by Gasteiger charge is 2.45. The molecule has 1 aromatic rings. The van der Waals surface area contributed by atoms with E-state index in [0.717, 1.165) is 12.8 Å². The van der Waals surface area contributed by atoms with Crippen molar-refractivity contribution in [1.82, 2.24) is 14.5 Å². The minimum absolute atomic E-state index is 0.0763. The molecule has 8 heteroatoms. The summed E-state index contributed by atoms with van der Waals surface area (Å²) in [4.78, 5) is 10.6. The van der Waals surface area contributed by atoms with Crippen molar-refractivity contribution in [3.63, 3.8) is 0 Å². The van der Waals surface area contributed by atoms with E-state index in [0.29, 0.717) is 12.5 Å². The number of carbonyl (C=O) groups is 1. The van der Waals surface area contributed by atoms with Gasteiger partial charge < -0.3 is 5.11 Å². The first kappa shape index (κ1) is 16.0. The van der Waals surface area contributed by atoms with Crippen LogP contribution in [0.25, 0.3) is 0 Å². The Morgan fingerprint density at radius 1 is 1.52 bits per heavy atom. The molecule has 118 valence electrons. The average Bonchev–Trinajstić information content (AvgIpc) is 3.04. The van der Waals surface area contributed by atoms with Crippen LogP contribution in [0.4, 0.5) is 0 Å². The number of rotatable bonds is 8. The monoisotopic (exact) mass is 315 g/mol. The zero-order valence-corrected chi connectivity index (χ0v) is 13.1. The van der Waals surface area contributed by atoms with E-state index in [1.807, 2.05) is 0 Å². The molecule has 0 bridgehead atoms. The maximum atomic E-state index is 12.2. The summed E-state index contributed by atoms with van der Waals surface area (Å²) in [5, 5.41) is 12.5. The topological polar surface area (TPSA) is 101 Å². The molecule has 0 saturated heterocycles. The number of nitrogens with zero attached hydrogens (tertiary/aromatic N) is 2. The number of aromatic nitrogens is 2. The van der Waals surface area contributed by atoms with Crippen molar-refractivity contribution in [2.24, 2.45) is 11.3 Å². The van der Waals surface area contributed by atoms with Gasteiger partial charge in [0.15, 0.2) is 0 Å². The molecular weight excluding hydrogens is 294 g/mol. The normalized spacial score (nSPS) is 17.1. The zero-order valence-electron chi connectivity index (χ0n) is 12.2. The molecule has 0 aliphatic heterocycles. The van der Waals surface area contributed by atoms with Gasteiger partial charge in [-0.05, 0) is 24.2 Å². The largest absolute Gasteiger partial charge is 0.481 e. The van der Waals surface area contributed by atoms with Gasteiger partial charge in [-0.3, -0.25) is 9.48 Å². The Balaban J connectivity index is 1.98. The SMILES string of the molecule is CC(C)C1(CNS(=O)(=O)c2cnn(CCC(=O)O)c2)CC1. The quantitative estimate of drug-likeness (QED) is 0.747. The number of carboxylic acids is 1. The van der Waals surface area contributed by atoms with Gasteiger partial charge in [-0.25, -0.2) is 13.1 Å². The predicted molar refractivity (Wildman–Crippen MR) is 76.2 cm³/mol. The minimum Gasteiger partial charge on any atom is -0.481 e. The van der Waals surface area contributed by atoms with Crippen molar-refractivity contribution in [2.45, 2.75) is 44.6 Å². The Morgan fingerprint density at radius 3 is 2.71 bits per heavy atom. The van der Waals surface area contributed by atoms with Crippen molar-refractivity contribution >= 4 is 16.0 Å². The Kier molecular flexibility index (Phi) is 4.38. The Hall–Kier alpha value is -1.41. The van der Waals surface area contributed by atoms with E-state index in [2.05, 4.69) is 23.7 Å². The van der Waals surface area contributed by atoms with Gasteiger partial charge in [0.25, 0.3) is 0 Å². The van der Waals surface area contributed by atoms with Gasteiger partial charge in [-0.15, -0.1) is 0 Å². The van der Waals surface area contributed by atoms with Crippen LogP contribution in [0.2, 0.25) is 0 Å². The standard InChI is InChI=1S/C13H21N3O4S/c1-10(2)13(4-5-13)9-15-21(19,20)11-7-14-16(8-11)6-3-12(17)18/h7-8,10,15H,3-6,9H2,1-2H3,(H,17,18). The second-order valence-corrected chi connectivity index (χ2v) is 7.69. The number of carboxylic acid groups (broad SMARTS) is 1. The van der Waals surface area contributed by atoms with Crippen LogP contribution in [-0.2, 0) is 21.4 Å². The van der Waals surface area contributed by atoms with Gasteiger partial charge in [-0.1, -0.05) is 13.8 Å². The highest BCUT2D eigenvalue weighted by Crippen LogP contribution is 2.51. The summed E-state index contributed by atoms with van der Waals surface area (Å²) >= 11 is 0. The molecule has 0 aromatic carbocycles. The lowest BCUT2D eigenvalue weighted by molar-refractivity contribution is -0.137. The molecule has 0 spiro atoms. The smallest absolute Gasteiger partial charge is 0.305 e. The number of sulfonamides is 1. The number of hydrogen-bond donors (Lipinski definition) is 2. The molecule has 2 rings (SSSR count). The fourth-order valence-corrected chi connectivity index (χ4v) is 3.35. The lowest BCUT2D eigenvalue weighted by atomic mass is 9.93. The maximum Gasteiger partial charge on any atom is 0.305 e. The third-order valence-corrected chi connectivity index (χ3v) is 5.56. The molecule has 1 aliphatic carbocycles. The van der Waals surface area contributed by atoms with E-state index in [4.69, 9.17) is 5.11 Å². The molecule has 7 nitrogen and oxygen atoms in total. The molecule has 1 fully saturated rings. The van der Waals surface area contributed by atoms with Crippen molar-refractivity contribution in [3.05, 3.63) is 12.4 Å². The molecule has 0 unspecified atom stereocenters. The van der Waals surface area contributed by atoms with Crippen LogP contribution < -0.4 is 4.72 Å². The maximum absolute atomic E-state index is 12.2. The number of hydrogen-bond acceptors (Lipinski definition) is 4. The highest BCUT2D eigenvalue weighted by atomic mass is 32.2. The highest BCUT2D eigenvalue weighted by molar-refractivity contribution is 7.89. The Labute approximate surface area is 124 Å². The van der Waals surface area contributed by atoms with Crippen LogP contribution in [0.1, 0.15) is 33.1 Å². The van der Waals surface area contributed by atoms with Crippen molar-refractivity contribution < 1.29 is 18.3 Å². The van der Waals surface area contributed by atoms with E-state index in [1.54, 1.807) is 0 Å². The molecule has 0 amide bonds. The van der Waals surface area contributed by atoms with Gasteiger partial charge in [0, 0.05) is 12.7 Å². The zero-order chi connectivity index (χ0) is 15.7. The summed E-state index contributed by atoms with van der Waals surface area (Å²) < 4.78 is 28.4. The average molecular weight is 315 g/mol. The van der Waals surface area contributed by atoms with Crippen LogP contribution in [0.3, 0.4) is 0 Å². The van der Waals surface area contributed by atoms with Crippen LogP contribution >= 0.6 is 0 Å². The van der Waals surface area contributed by atoms with Gasteiger partial charge in [0.2, 0.25) is 10.0 Å². The summed E-state index contributed by atoms with van der Waals surface area (Å²) in [5.74, 6) is -0.501. The van der Waals surface area contributed by atoms with E-state index >= 15 is 0 Å². The Bertz CT molecular complexity index is 617. The molecule has 21 heavy (non-hydrogen) atoms. The third-order valence-electron chi connectivity index (χ3n) is 4.21. The van der Waals surface area contributed by atoms with E-state index < -0.39 is 16.0 Å². The fourth-order valence-electron chi connectivity index (χ4n) is 2.26. The second-order valence-electron chi connectivity index (χ2n) is 5.92. The Morgan fingerprint density at radius 2 is 2.19 bits per heavy atom. The summed E-state index contributed by atoms with van der Waals surface area (Å²) in [7, 11) is -3.59. The summed E-state index contributed by atoms with van der Waals surface area (Å²) in [6.45, 7) is 4.80. The van der Waals surface area contributed by atoms with Crippen LogP contribution in [0, 0.1) is 11.3 Å². The molecule has 1 heterocycles. The van der Waals surface area contributed by atoms with Crippen LogP contribution in [0.5, 0.6) is 0 Å². The first-order valence-electron chi connectivity index (χ1n) is 6.99. The van der Waals surface area contributed by atoms with E-state index in [-0.39, 0.29) is 23.3 Å². The van der Waals surface area contributed by atoms with Crippen LogP contribution in [0.15, 0.2) is 17.3 Å². The van der Waals surface area contributed by atoms with Crippen LogP contribution in [-0.4, -0.2) is 35.8 Å². The molecule has 2 N–H and O–H groups in total. The molecular formula is C13H21N3O4S. The molecule has 0 radical (unpaired) electrons. The lowest BCUT2D eigenvalue weighted by Gasteiger charge is -2.19. The lowest BCUT2D eigenvalue weighted by Crippen LogP contribution is -2.32. The predicted octanol–water partition coefficient (Wildman–Crippen LogP) is 1.07. The van der Waals surface area contributed by atoms with Gasteiger partial charge in [0.1, 0.15) is 4.90 Å². The molecule has 1 aromatic heterocycles. The van der Waals surface area contributed by atoms with Crippen molar-refractivity contribution in [1.29, 1.82) is 0 Å². The van der Waals surface area contributed by atoms with Crippen molar-refractivity contribution in [3.8, 4) is 0 Å². The summed E-state index contributed by atoms with van der Waals surface area (Å²) in [5.41, 5.74) is 0.0897.